The van der Waals surface area contributed by atoms with Crippen LogP contribution >= 0.6 is 46.8 Å². The molecular weight excluding hydrogens is 437 g/mol. The van der Waals surface area contributed by atoms with Crippen molar-refractivity contribution in [3.63, 3.8) is 0 Å². The highest BCUT2D eigenvalue weighted by Crippen LogP contribution is 2.29. The summed E-state index contributed by atoms with van der Waals surface area (Å²) in [4.78, 5) is 17.4. The van der Waals surface area contributed by atoms with E-state index in [1.165, 1.54) is 18.4 Å². The van der Waals surface area contributed by atoms with Crippen LogP contribution in [0.1, 0.15) is 20.8 Å². The first kappa shape index (κ1) is 21.3. The number of carbonyl (C=O) groups is 1. The fraction of sp³-hybridized carbons (Fsp3) is 0.368. The number of piperazine rings is 1. The first-order valence-electron chi connectivity index (χ1n) is 8.79. The molecule has 2 heterocycles. The number of thiophene rings is 1. The molecule has 0 aliphatic carbocycles. The molecule has 2 aromatic rings. The minimum Gasteiger partial charge on any atom is -0.465 e. The lowest BCUT2D eigenvalue weighted by molar-refractivity contribution is 0.0602. The van der Waals surface area contributed by atoms with Crippen LogP contribution < -0.4 is 5.32 Å². The van der Waals surface area contributed by atoms with Gasteiger partial charge in [-0.2, -0.15) is 0 Å². The van der Waals surface area contributed by atoms with Gasteiger partial charge in [0, 0.05) is 53.2 Å². The SMILES string of the molecule is COC(=O)c1cc(C)sc1NC(=S)N1CCN(Cc2c(Cl)cccc2Cl)CC1. The molecule has 0 saturated carbocycles. The molecule has 1 aliphatic heterocycles. The summed E-state index contributed by atoms with van der Waals surface area (Å²) in [6.45, 7) is 5.91. The topological polar surface area (TPSA) is 44.8 Å². The number of hydrogen-bond donors (Lipinski definition) is 1. The van der Waals surface area contributed by atoms with E-state index < -0.39 is 0 Å². The molecule has 1 N–H and O–H groups in total. The minimum absolute atomic E-state index is 0.365. The van der Waals surface area contributed by atoms with Gasteiger partial charge in [0.2, 0.25) is 0 Å². The van der Waals surface area contributed by atoms with E-state index in [2.05, 4.69) is 15.1 Å². The predicted molar refractivity (Wildman–Crippen MR) is 120 cm³/mol. The van der Waals surface area contributed by atoms with Gasteiger partial charge in [-0.25, -0.2) is 4.79 Å². The molecule has 0 amide bonds. The molecule has 0 radical (unpaired) electrons. The Morgan fingerprint density at radius 3 is 2.50 bits per heavy atom. The number of nitrogens with one attached hydrogen (secondary N) is 1. The summed E-state index contributed by atoms with van der Waals surface area (Å²) < 4.78 is 4.85. The van der Waals surface area contributed by atoms with Crippen LogP contribution in [0.25, 0.3) is 0 Å². The molecule has 9 heteroatoms. The molecule has 0 bridgehead atoms. The third-order valence-electron chi connectivity index (χ3n) is 4.58. The van der Waals surface area contributed by atoms with Gasteiger partial charge in [-0.15, -0.1) is 11.3 Å². The van der Waals surface area contributed by atoms with E-state index in [0.717, 1.165) is 41.6 Å². The Kier molecular flexibility index (Phi) is 7.17. The van der Waals surface area contributed by atoms with Crippen molar-refractivity contribution in [1.29, 1.82) is 0 Å². The van der Waals surface area contributed by atoms with Gasteiger partial charge in [0.25, 0.3) is 0 Å². The highest BCUT2D eigenvalue weighted by molar-refractivity contribution is 7.80. The van der Waals surface area contributed by atoms with Crippen molar-refractivity contribution in [2.75, 3.05) is 38.6 Å². The Balaban J connectivity index is 1.58. The smallest absolute Gasteiger partial charge is 0.340 e. The van der Waals surface area contributed by atoms with Gasteiger partial charge in [-0.3, -0.25) is 4.90 Å². The number of esters is 1. The Morgan fingerprint density at radius 2 is 1.89 bits per heavy atom. The van der Waals surface area contributed by atoms with Crippen LogP contribution in [0.2, 0.25) is 10.0 Å². The molecule has 0 spiro atoms. The second-order valence-electron chi connectivity index (χ2n) is 6.48. The van der Waals surface area contributed by atoms with Crippen LogP contribution in [0.4, 0.5) is 5.00 Å². The number of aryl methyl sites for hydroxylation is 1. The van der Waals surface area contributed by atoms with Crippen molar-refractivity contribution in [2.45, 2.75) is 13.5 Å². The number of carbonyl (C=O) groups excluding carboxylic acids is 1. The second kappa shape index (κ2) is 9.41. The van der Waals surface area contributed by atoms with Gasteiger partial charge in [0.15, 0.2) is 5.11 Å². The highest BCUT2D eigenvalue weighted by atomic mass is 35.5. The molecule has 1 fully saturated rings. The summed E-state index contributed by atoms with van der Waals surface area (Å²) in [6.07, 6.45) is 0. The first-order valence-corrected chi connectivity index (χ1v) is 10.8. The number of halogens is 2. The largest absolute Gasteiger partial charge is 0.465 e. The van der Waals surface area contributed by atoms with Crippen molar-refractivity contribution in [2.24, 2.45) is 0 Å². The molecule has 3 rings (SSSR count). The summed E-state index contributed by atoms with van der Waals surface area (Å²) >= 11 is 19.6. The van der Waals surface area contributed by atoms with E-state index in [0.29, 0.717) is 27.3 Å². The van der Waals surface area contributed by atoms with Crippen LogP contribution in [0, 0.1) is 6.92 Å². The van der Waals surface area contributed by atoms with E-state index >= 15 is 0 Å². The molecule has 5 nitrogen and oxygen atoms in total. The van der Waals surface area contributed by atoms with E-state index in [-0.39, 0.29) is 5.97 Å². The Labute approximate surface area is 184 Å². The van der Waals surface area contributed by atoms with Crippen LogP contribution in [0.3, 0.4) is 0 Å². The number of hydrogen-bond acceptors (Lipinski definition) is 5. The van der Waals surface area contributed by atoms with Crippen molar-refractivity contribution in [3.05, 3.63) is 50.3 Å². The number of thiocarbonyl (C=S) groups is 1. The van der Waals surface area contributed by atoms with Crippen molar-refractivity contribution in [1.82, 2.24) is 9.80 Å². The van der Waals surface area contributed by atoms with Gasteiger partial charge in [-0.05, 0) is 37.3 Å². The summed E-state index contributed by atoms with van der Waals surface area (Å²) in [6, 6.07) is 7.39. The van der Waals surface area contributed by atoms with Gasteiger partial charge in [0.05, 0.1) is 12.7 Å². The zero-order valence-corrected chi connectivity index (χ0v) is 18.8. The maximum atomic E-state index is 11.9. The fourth-order valence-electron chi connectivity index (χ4n) is 3.06. The van der Waals surface area contributed by atoms with Crippen molar-refractivity contribution in [3.8, 4) is 0 Å². The minimum atomic E-state index is -0.365. The van der Waals surface area contributed by atoms with Crippen molar-refractivity contribution < 1.29 is 9.53 Å². The Hall–Kier alpha value is -1.38. The lowest BCUT2D eigenvalue weighted by atomic mass is 10.2. The van der Waals surface area contributed by atoms with Crippen LogP contribution in [-0.4, -0.2) is 54.2 Å². The number of anilines is 1. The highest BCUT2D eigenvalue weighted by Gasteiger charge is 2.22. The van der Waals surface area contributed by atoms with Gasteiger partial charge in [0.1, 0.15) is 5.00 Å². The molecule has 0 unspecified atom stereocenters. The van der Waals surface area contributed by atoms with Gasteiger partial charge < -0.3 is 15.0 Å². The quantitative estimate of drug-likeness (QED) is 0.531. The Morgan fingerprint density at radius 1 is 1.25 bits per heavy atom. The maximum absolute atomic E-state index is 11.9. The molecule has 0 atom stereocenters. The standard InChI is InChI=1S/C19H21Cl2N3O2S2/c1-12-10-13(18(25)26-2)17(28-12)22-19(27)24-8-6-23(7-9-24)11-14-15(20)4-3-5-16(14)21/h3-5,10H,6-9,11H2,1-2H3,(H,22,27). The monoisotopic (exact) mass is 457 g/mol. The van der Waals surface area contributed by atoms with E-state index in [4.69, 9.17) is 40.2 Å². The lowest BCUT2D eigenvalue weighted by Crippen LogP contribution is -2.49. The number of rotatable bonds is 4. The van der Waals surface area contributed by atoms with Crippen LogP contribution in [0.15, 0.2) is 24.3 Å². The molecule has 1 aliphatic rings. The number of benzene rings is 1. The molecule has 1 aromatic heterocycles. The molecule has 1 aromatic carbocycles. The molecule has 150 valence electrons. The fourth-order valence-corrected chi connectivity index (χ4v) is 4.83. The average Bonchev–Trinajstić information content (AvgIpc) is 3.04. The van der Waals surface area contributed by atoms with Crippen LogP contribution in [0.5, 0.6) is 0 Å². The molecular formula is C19H21Cl2N3O2S2. The van der Waals surface area contributed by atoms with Gasteiger partial charge >= 0.3 is 5.97 Å². The normalized spacial score (nSPS) is 14.8. The number of methoxy groups -OCH3 is 1. The van der Waals surface area contributed by atoms with Gasteiger partial charge in [-0.1, -0.05) is 29.3 Å². The third kappa shape index (κ3) is 4.96. The molecule has 1 saturated heterocycles. The zero-order chi connectivity index (χ0) is 20.3. The average molecular weight is 458 g/mol. The maximum Gasteiger partial charge on any atom is 0.340 e. The summed E-state index contributed by atoms with van der Waals surface area (Å²) in [5.41, 5.74) is 1.47. The first-order chi connectivity index (χ1) is 13.4. The summed E-state index contributed by atoms with van der Waals surface area (Å²) in [7, 11) is 1.38. The predicted octanol–water partition coefficient (Wildman–Crippen LogP) is 4.66. The van der Waals surface area contributed by atoms with Crippen LogP contribution in [-0.2, 0) is 11.3 Å². The van der Waals surface area contributed by atoms with E-state index in [1.54, 1.807) is 0 Å². The second-order valence-corrected chi connectivity index (χ2v) is 8.94. The van der Waals surface area contributed by atoms with Crippen molar-refractivity contribution >= 4 is 62.8 Å². The Bertz CT molecular complexity index is 860. The molecule has 28 heavy (non-hydrogen) atoms. The number of ether oxygens (including phenoxy) is 1. The van der Waals surface area contributed by atoms with E-state index in [1.807, 2.05) is 31.2 Å². The third-order valence-corrected chi connectivity index (χ3v) is 6.62. The zero-order valence-electron chi connectivity index (χ0n) is 15.6. The van der Waals surface area contributed by atoms with E-state index in [9.17, 15) is 4.79 Å². The summed E-state index contributed by atoms with van der Waals surface area (Å²) in [5.74, 6) is -0.365. The number of nitrogens with zero attached hydrogens (tertiary/aromatic N) is 2. The summed E-state index contributed by atoms with van der Waals surface area (Å²) in [5, 5.41) is 5.93. The lowest BCUT2D eigenvalue weighted by Gasteiger charge is -2.36.